The van der Waals surface area contributed by atoms with Crippen LogP contribution in [0.15, 0.2) is 0 Å². The third-order valence-corrected chi connectivity index (χ3v) is 3.19. The summed E-state index contributed by atoms with van der Waals surface area (Å²) < 4.78 is 5.45. The van der Waals surface area contributed by atoms with Crippen LogP contribution in [0.1, 0.15) is 46.0 Å². The summed E-state index contributed by atoms with van der Waals surface area (Å²) in [6.45, 7) is 7.38. The zero-order valence-electron chi connectivity index (χ0n) is 11.5. The van der Waals surface area contributed by atoms with Crippen molar-refractivity contribution >= 4 is 0 Å². The van der Waals surface area contributed by atoms with Gasteiger partial charge in [-0.15, -0.1) is 0 Å². The summed E-state index contributed by atoms with van der Waals surface area (Å²) in [6, 6.07) is 0. The summed E-state index contributed by atoms with van der Waals surface area (Å²) >= 11 is 0. The van der Waals surface area contributed by atoms with Gasteiger partial charge in [-0.1, -0.05) is 26.7 Å². The summed E-state index contributed by atoms with van der Waals surface area (Å²) in [7, 11) is 0. The third-order valence-electron chi connectivity index (χ3n) is 3.19. The van der Waals surface area contributed by atoms with Crippen molar-refractivity contribution in [2.45, 2.75) is 52.1 Å². The molecule has 2 N–H and O–H groups in total. The summed E-state index contributed by atoms with van der Waals surface area (Å²) in [6.07, 6.45) is 6.03. The molecule has 17 heavy (non-hydrogen) atoms. The predicted octanol–water partition coefficient (Wildman–Crippen LogP) is 2.19. The van der Waals surface area contributed by atoms with Crippen molar-refractivity contribution in [2.75, 3.05) is 26.3 Å². The van der Waals surface area contributed by atoms with Gasteiger partial charge in [-0.05, 0) is 37.6 Å². The van der Waals surface area contributed by atoms with Gasteiger partial charge in [0.15, 0.2) is 0 Å². The van der Waals surface area contributed by atoms with Gasteiger partial charge in [-0.3, -0.25) is 0 Å². The molecule has 0 amide bonds. The van der Waals surface area contributed by atoms with Crippen molar-refractivity contribution < 1.29 is 9.84 Å². The number of ether oxygens (including phenoxy) is 1. The monoisotopic (exact) mass is 243 g/mol. The van der Waals surface area contributed by atoms with Crippen molar-refractivity contribution in [1.29, 1.82) is 0 Å². The number of hydrogen-bond acceptors (Lipinski definition) is 3. The maximum atomic E-state index is 9.65. The molecule has 0 bridgehead atoms. The minimum Gasteiger partial charge on any atom is -0.389 e. The Balaban J connectivity index is 1.78. The van der Waals surface area contributed by atoms with Gasteiger partial charge in [0.1, 0.15) is 0 Å². The largest absolute Gasteiger partial charge is 0.389 e. The molecule has 1 aliphatic carbocycles. The van der Waals surface area contributed by atoms with Crippen LogP contribution >= 0.6 is 0 Å². The van der Waals surface area contributed by atoms with E-state index in [9.17, 15) is 5.11 Å². The molecule has 1 atom stereocenters. The Hall–Kier alpha value is -0.120. The molecule has 1 saturated carbocycles. The van der Waals surface area contributed by atoms with E-state index in [-0.39, 0.29) is 6.10 Å². The van der Waals surface area contributed by atoms with Crippen LogP contribution in [0.3, 0.4) is 0 Å². The lowest BCUT2D eigenvalue weighted by molar-refractivity contribution is 0.0348. The second kappa shape index (κ2) is 8.90. The van der Waals surface area contributed by atoms with Gasteiger partial charge in [0.25, 0.3) is 0 Å². The maximum absolute atomic E-state index is 9.65. The number of nitrogens with one attached hydrogen (secondary N) is 1. The highest BCUT2D eigenvalue weighted by Crippen LogP contribution is 2.31. The zero-order chi connectivity index (χ0) is 12.5. The summed E-state index contributed by atoms with van der Waals surface area (Å²) in [5.74, 6) is 1.71. The highest BCUT2D eigenvalue weighted by atomic mass is 16.5. The molecule has 1 unspecified atom stereocenters. The highest BCUT2D eigenvalue weighted by Gasteiger charge is 2.20. The normalized spacial score (nSPS) is 17.6. The molecule has 1 aliphatic rings. The van der Waals surface area contributed by atoms with Crippen LogP contribution < -0.4 is 5.32 Å². The van der Waals surface area contributed by atoms with E-state index in [1.807, 2.05) is 0 Å². The first kappa shape index (κ1) is 14.9. The minimum atomic E-state index is -0.353. The second-order valence-electron chi connectivity index (χ2n) is 5.70. The third kappa shape index (κ3) is 9.57. The maximum Gasteiger partial charge on any atom is 0.0897 e. The number of aliphatic hydroxyl groups is 1. The Bertz CT molecular complexity index is 181. The van der Waals surface area contributed by atoms with E-state index in [4.69, 9.17) is 4.74 Å². The van der Waals surface area contributed by atoms with E-state index < -0.39 is 0 Å². The van der Waals surface area contributed by atoms with Gasteiger partial charge in [0.05, 0.1) is 12.7 Å². The Morgan fingerprint density at radius 1 is 1.35 bits per heavy atom. The van der Waals surface area contributed by atoms with Crippen LogP contribution in [0.4, 0.5) is 0 Å². The molecular formula is C14H29NO2. The molecule has 102 valence electrons. The van der Waals surface area contributed by atoms with Crippen molar-refractivity contribution in [1.82, 2.24) is 5.32 Å². The highest BCUT2D eigenvalue weighted by molar-refractivity contribution is 4.74. The molecule has 1 fully saturated rings. The first-order valence-corrected chi connectivity index (χ1v) is 7.15. The zero-order valence-corrected chi connectivity index (χ0v) is 11.5. The topological polar surface area (TPSA) is 41.5 Å². The van der Waals surface area contributed by atoms with E-state index in [2.05, 4.69) is 19.2 Å². The molecule has 0 aromatic heterocycles. The Labute approximate surface area is 106 Å². The molecular weight excluding hydrogens is 214 g/mol. The lowest BCUT2D eigenvalue weighted by Crippen LogP contribution is -2.31. The van der Waals surface area contributed by atoms with Crippen LogP contribution in [-0.4, -0.2) is 37.5 Å². The van der Waals surface area contributed by atoms with E-state index in [0.29, 0.717) is 13.2 Å². The first-order chi connectivity index (χ1) is 8.18. The summed E-state index contributed by atoms with van der Waals surface area (Å²) in [4.78, 5) is 0. The molecule has 0 aromatic carbocycles. The Morgan fingerprint density at radius 3 is 2.76 bits per heavy atom. The van der Waals surface area contributed by atoms with Crippen molar-refractivity contribution in [3.63, 3.8) is 0 Å². The van der Waals surface area contributed by atoms with Gasteiger partial charge in [-0.25, -0.2) is 0 Å². The summed E-state index contributed by atoms with van der Waals surface area (Å²) in [5, 5.41) is 12.9. The first-order valence-electron chi connectivity index (χ1n) is 7.15. The van der Waals surface area contributed by atoms with E-state index in [0.717, 1.165) is 31.4 Å². The fourth-order valence-electron chi connectivity index (χ4n) is 1.85. The number of rotatable bonds is 11. The van der Waals surface area contributed by atoms with Crippen molar-refractivity contribution in [3.8, 4) is 0 Å². The SMILES string of the molecule is CC(C)CCCOCC(O)CNCCC1CC1. The number of aliphatic hydroxyl groups excluding tert-OH is 1. The molecule has 0 aliphatic heterocycles. The van der Waals surface area contributed by atoms with Crippen molar-refractivity contribution in [3.05, 3.63) is 0 Å². The Morgan fingerprint density at radius 2 is 2.12 bits per heavy atom. The molecule has 0 saturated heterocycles. The average Bonchev–Trinajstić information content (AvgIpc) is 3.07. The Kier molecular flexibility index (Phi) is 7.82. The lowest BCUT2D eigenvalue weighted by atomic mass is 10.1. The predicted molar refractivity (Wildman–Crippen MR) is 71.1 cm³/mol. The molecule has 0 spiro atoms. The van der Waals surface area contributed by atoms with Crippen LogP contribution in [0.25, 0.3) is 0 Å². The molecule has 0 heterocycles. The fraction of sp³-hybridized carbons (Fsp3) is 1.00. The second-order valence-corrected chi connectivity index (χ2v) is 5.70. The van der Waals surface area contributed by atoms with E-state index >= 15 is 0 Å². The lowest BCUT2D eigenvalue weighted by Gasteiger charge is -2.12. The van der Waals surface area contributed by atoms with Gasteiger partial charge in [0, 0.05) is 13.2 Å². The van der Waals surface area contributed by atoms with Crippen LogP contribution in [0.5, 0.6) is 0 Å². The van der Waals surface area contributed by atoms with Gasteiger partial charge >= 0.3 is 0 Å². The minimum absolute atomic E-state index is 0.353. The van der Waals surface area contributed by atoms with Crippen molar-refractivity contribution in [2.24, 2.45) is 11.8 Å². The van der Waals surface area contributed by atoms with Crippen LogP contribution in [0.2, 0.25) is 0 Å². The molecule has 0 aromatic rings. The fourth-order valence-corrected chi connectivity index (χ4v) is 1.85. The molecule has 3 heteroatoms. The quantitative estimate of drug-likeness (QED) is 0.547. The van der Waals surface area contributed by atoms with Gasteiger partial charge in [0.2, 0.25) is 0 Å². The van der Waals surface area contributed by atoms with Crippen LogP contribution in [-0.2, 0) is 4.74 Å². The number of hydrogen-bond donors (Lipinski definition) is 2. The standard InChI is InChI=1S/C14H29NO2/c1-12(2)4-3-9-17-11-14(16)10-15-8-7-13-5-6-13/h12-16H,3-11H2,1-2H3. The summed E-state index contributed by atoms with van der Waals surface area (Å²) in [5.41, 5.74) is 0. The van der Waals surface area contributed by atoms with E-state index in [1.54, 1.807) is 0 Å². The average molecular weight is 243 g/mol. The van der Waals surface area contributed by atoms with Crippen LogP contribution in [0, 0.1) is 11.8 Å². The van der Waals surface area contributed by atoms with E-state index in [1.165, 1.54) is 25.7 Å². The molecule has 3 nitrogen and oxygen atoms in total. The van der Waals surface area contributed by atoms with Gasteiger partial charge < -0.3 is 15.2 Å². The molecule has 1 rings (SSSR count). The smallest absolute Gasteiger partial charge is 0.0897 e. The van der Waals surface area contributed by atoms with Gasteiger partial charge in [-0.2, -0.15) is 0 Å². The molecule has 0 radical (unpaired) electrons.